The molecule has 4 heteroatoms. The number of ether oxygens (including phenoxy) is 2. The standard InChI is InChI=1S/C10H19BrO3/c1-10(2,3)14-9(12)5-4-7-13-8-6-11/h4-8H2,1-3H3. The van der Waals surface area contributed by atoms with Crippen LogP contribution < -0.4 is 0 Å². The van der Waals surface area contributed by atoms with Gasteiger partial charge in [-0.05, 0) is 27.2 Å². The van der Waals surface area contributed by atoms with Gasteiger partial charge in [0.15, 0.2) is 0 Å². The summed E-state index contributed by atoms with van der Waals surface area (Å²) in [4.78, 5) is 11.2. The summed E-state index contributed by atoms with van der Waals surface area (Å²) in [5.74, 6) is -0.153. The van der Waals surface area contributed by atoms with Crippen molar-refractivity contribution in [1.82, 2.24) is 0 Å². The molecule has 3 nitrogen and oxygen atoms in total. The Kier molecular flexibility index (Phi) is 7.19. The lowest BCUT2D eigenvalue weighted by molar-refractivity contribution is -0.155. The maximum atomic E-state index is 11.2. The van der Waals surface area contributed by atoms with Gasteiger partial charge in [0.25, 0.3) is 0 Å². The summed E-state index contributed by atoms with van der Waals surface area (Å²) < 4.78 is 10.3. The molecule has 0 aromatic rings. The van der Waals surface area contributed by atoms with E-state index in [4.69, 9.17) is 9.47 Å². The van der Waals surface area contributed by atoms with Crippen LogP contribution >= 0.6 is 15.9 Å². The minimum atomic E-state index is -0.381. The second-order valence-corrected chi connectivity index (χ2v) is 4.78. The molecule has 14 heavy (non-hydrogen) atoms. The predicted octanol–water partition coefficient (Wildman–Crippen LogP) is 2.52. The Bertz CT molecular complexity index is 163. The first kappa shape index (κ1) is 13.9. The van der Waals surface area contributed by atoms with Crippen LogP contribution in [-0.2, 0) is 14.3 Å². The van der Waals surface area contributed by atoms with Crippen LogP contribution in [0.1, 0.15) is 33.6 Å². The van der Waals surface area contributed by atoms with Crippen molar-refractivity contribution in [2.75, 3.05) is 18.5 Å². The van der Waals surface area contributed by atoms with Gasteiger partial charge >= 0.3 is 5.97 Å². The number of hydrogen-bond donors (Lipinski definition) is 0. The molecule has 0 radical (unpaired) electrons. The highest BCUT2D eigenvalue weighted by Gasteiger charge is 2.15. The second kappa shape index (κ2) is 7.23. The fourth-order valence-electron chi connectivity index (χ4n) is 0.868. The van der Waals surface area contributed by atoms with Crippen molar-refractivity contribution in [3.63, 3.8) is 0 Å². The quantitative estimate of drug-likeness (QED) is 0.421. The molecule has 0 bridgehead atoms. The Morgan fingerprint density at radius 3 is 2.43 bits per heavy atom. The van der Waals surface area contributed by atoms with Crippen LogP contribution in [-0.4, -0.2) is 30.1 Å². The molecule has 0 spiro atoms. The molecule has 0 N–H and O–H groups in total. The Hall–Kier alpha value is -0.0900. The van der Waals surface area contributed by atoms with E-state index in [0.717, 1.165) is 11.8 Å². The smallest absolute Gasteiger partial charge is 0.306 e. The van der Waals surface area contributed by atoms with Crippen molar-refractivity contribution >= 4 is 21.9 Å². The Balaban J connectivity index is 3.36. The maximum absolute atomic E-state index is 11.2. The molecule has 0 rings (SSSR count). The molecule has 0 aliphatic carbocycles. The highest BCUT2D eigenvalue weighted by molar-refractivity contribution is 9.09. The van der Waals surface area contributed by atoms with Crippen LogP contribution in [0.5, 0.6) is 0 Å². The van der Waals surface area contributed by atoms with E-state index in [1.807, 2.05) is 20.8 Å². The van der Waals surface area contributed by atoms with E-state index < -0.39 is 0 Å². The van der Waals surface area contributed by atoms with E-state index in [-0.39, 0.29) is 11.6 Å². The largest absolute Gasteiger partial charge is 0.460 e. The number of esters is 1. The van der Waals surface area contributed by atoms with Crippen LogP contribution in [0.3, 0.4) is 0 Å². The molecular formula is C10H19BrO3. The molecule has 0 fully saturated rings. The van der Waals surface area contributed by atoms with Gasteiger partial charge in [0.2, 0.25) is 0 Å². The van der Waals surface area contributed by atoms with Gasteiger partial charge in [0, 0.05) is 18.4 Å². The van der Waals surface area contributed by atoms with Gasteiger partial charge in [-0.25, -0.2) is 0 Å². The van der Waals surface area contributed by atoms with E-state index in [0.29, 0.717) is 19.6 Å². The third kappa shape index (κ3) is 9.99. The minimum Gasteiger partial charge on any atom is -0.460 e. The lowest BCUT2D eigenvalue weighted by atomic mass is 10.2. The van der Waals surface area contributed by atoms with Gasteiger partial charge in [-0.2, -0.15) is 0 Å². The number of alkyl halides is 1. The summed E-state index contributed by atoms with van der Waals surface area (Å²) in [5, 5.41) is 0.833. The molecule has 0 aliphatic rings. The molecule has 0 saturated carbocycles. The highest BCUT2D eigenvalue weighted by atomic mass is 79.9. The zero-order valence-corrected chi connectivity index (χ0v) is 10.7. The summed E-state index contributed by atoms with van der Waals surface area (Å²) in [6.45, 7) is 6.91. The van der Waals surface area contributed by atoms with Crippen LogP contribution in [0.2, 0.25) is 0 Å². The molecule has 84 valence electrons. The van der Waals surface area contributed by atoms with E-state index in [9.17, 15) is 4.79 Å². The number of hydrogen-bond acceptors (Lipinski definition) is 3. The van der Waals surface area contributed by atoms with Gasteiger partial charge in [-0.15, -0.1) is 0 Å². The van der Waals surface area contributed by atoms with E-state index in [1.54, 1.807) is 0 Å². The predicted molar refractivity (Wildman–Crippen MR) is 59.7 cm³/mol. The molecule has 0 unspecified atom stereocenters. The SMILES string of the molecule is CC(C)(C)OC(=O)CCCOCCBr. The first-order valence-corrected chi connectivity index (χ1v) is 5.93. The van der Waals surface area contributed by atoms with Crippen LogP contribution in [0.4, 0.5) is 0 Å². The fraction of sp³-hybridized carbons (Fsp3) is 0.900. The average molecular weight is 267 g/mol. The lowest BCUT2D eigenvalue weighted by Crippen LogP contribution is -2.23. The van der Waals surface area contributed by atoms with E-state index in [1.165, 1.54) is 0 Å². The lowest BCUT2D eigenvalue weighted by Gasteiger charge is -2.19. The molecule has 0 heterocycles. The first-order valence-electron chi connectivity index (χ1n) is 4.81. The molecule has 0 aromatic carbocycles. The zero-order chi connectivity index (χ0) is 11.0. The number of halogens is 1. The third-order valence-electron chi connectivity index (χ3n) is 1.31. The number of carbonyl (C=O) groups is 1. The number of carbonyl (C=O) groups excluding carboxylic acids is 1. The average Bonchev–Trinajstić information content (AvgIpc) is 2.00. The number of rotatable bonds is 6. The summed E-state index contributed by atoms with van der Waals surface area (Å²) in [6, 6.07) is 0. The Morgan fingerprint density at radius 2 is 1.93 bits per heavy atom. The molecule has 0 saturated heterocycles. The zero-order valence-electron chi connectivity index (χ0n) is 9.14. The molecular weight excluding hydrogens is 248 g/mol. The Morgan fingerprint density at radius 1 is 1.29 bits per heavy atom. The fourth-order valence-corrected chi connectivity index (χ4v) is 1.10. The van der Waals surface area contributed by atoms with E-state index in [2.05, 4.69) is 15.9 Å². The topological polar surface area (TPSA) is 35.5 Å². The molecule has 0 aliphatic heterocycles. The van der Waals surface area contributed by atoms with Gasteiger partial charge in [-0.3, -0.25) is 4.79 Å². The highest BCUT2D eigenvalue weighted by Crippen LogP contribution is 2.08. The van der Waals surface area contributed by atoms with Crippen LogP contribution in [0.15, 0.2) is 0 Å². The second-order valence-electron chi connectivity index (χ2n) is 3.99. The third-order valence-corrected chi connectivity index (χ3v) is 1.63. The van der Waals surface area contributed by atoms with Crippen molar-refractivity contribution in [2.24, 2.45) is 0 Å². The van der Waals surface area contributed by atoms with Gasteiger partial charge in [-0.1, -0.05) is 15.9 Å². The summed E-state index contributed by atoms with van der Waals surface area (Å²) in [5.41, 5.74) is -0.381. The summed E-state index contributed by atoms with van der Waals surface area (Å²) in [7, 11) is 0. The van der Waals surface area contributed by atoms with Crippen LogP contribution in [0.25, 0.3) is 0 Å². The normalized spacial score (nSPS) is 11.4. The maximum Gasteiger partial charge on any atom is 0.306 e. The monoisotopic (exact) mass is 266 g/mol. The van der Waals surface area contributed by atoms with Crippen molar-refractivity contribution < 1.29 is 14.3 Å². The van der Waals surface area contributed by atoms with Gasteiger partial charge in [0.1, 0.15) is 5.60 Å². The first-order chi connectivity index (χ1) is 6.45. The summed E-state index contributed by atoms with van der Waals surface area (Å²) in [6.07, 6.45) is 1.15. The summed E-state index contributed by atoms with van der Waals surface area (Å²) >= 11 is 3.25. The van der Waals surface area contributed by atoms with Crippen LogP contribution in [0, 0.1) is 0 Å². The molecule has 0 amide bonds. The minimum absolute atomic E-state index is 0.153. The van der Waals surface area contributed by atoms with Crippen molar-refractivity contribution in [3.8, 4) is 0 Å². The van der Waals surface area contributed by atoms with Crippen molar-refractivity contribution in [1.29, 1.82) is 0 Å². The molecule has 0 aromatic heterocycles. The van der Waals surface area contributed by atoms with E-state index >= 15 is 0 Å². The van der Waals surface area contributed by atoms with Crippen molar-refractivity contribution in [3.05, 3.63) is 0 Å². The van der Waals surface area contributed by atoms with Gasteiger partial charge < -0.3 is 9.47 Å². The molecule has 0 atom stereocenters. The Labute approximate surface area is 94.3 Å². The van der Waals surface area contributed by atoms with Crippen molar-refractivity contribution in [2.45, 2.75) is 39.2 Å². The van der Waals surface area contributed by atoms with Gasteiger partial charge in [0.05, 0.1) is 6.61 Å².